The number of hydrogen-bond acceptors (Lipinski definition) is 2. The maximum atomic E-state index is 5.95. The number of hydrogen-bond donors (Lipinski definition) is 1. The summed E-state index contributed by atoms with van der Waals surface area (Å²) < 4.78 is 0. The Hall–Kier alpha value is -0.800. The molecular weight excluding hydrogens is 281 g/mol. The standard InChI is InChI=1S/C14H17Cl2N3/c15-10-8-11-14(19-13(10)16)18-12(17-11)7-6-9-4-2-1-3-5-9/h8-9H,1-7H2,(H,17,18,19). The van der Waals surface area contributed by atoms with Gasteiger partial charge in [-0.1, -0.05) is 55.3 Å². The molecule has 1 saturated carbocycles. The number of nitrogens with one attached hydrogen (secondary N) is 1. The average molecular weight is 298 g/mol. The molecule has 5 heteroatoms. The third kappa shape index (κ3) is 3.03. The molecule has 0 bridgehead atoms. The predicted molar refractivity (Wildman–Crippen MR) is 78.8 cm³/mol. The fourth-order valence-corrected chi connectivity index (χ4v) is 3.17. The van der Waals surface area contributed by atoms with Gasteiger partial charge in [0.2, 0.25) is 0 Å². The molecule has 3 nitrogen and oxygen atoms in total. The van der Waals surface area contributed by atoms with Gasteiger partial charge in [-0.2, -0.15) is 0 Å². The van der Waals surface area contributed by atoms with E-state index in [-0.39, 0.29) is 0 Å². The first-order valence-electron chi connectivity index (χ1n) is 6.93. The van der Waals surface area contributed by atoms with Crippen molar-refractivity contribution in [1.82, 2.24) is 15.0 Å². The molecule has 3 rings (SSSR count). The Morgan fingerprint density at radius 3 is 2.74 bits per heavy atom. The van der Waals surface area contributed by atoms with Crippen molar-refractivity contribution in [2.75, 3.05) is 0 Å². The van der Waals surface area contributed by atoms with E-state index < -0.39 is 0 Å². The minimum atomic E-state index is 0.319. The summed E-state index contributed by atoms with van der Waals surface area (Å²) in [4.78, 5) is 12.0. The summed E-state index contributed by atoms with van der Waals surface area (Å²) in [6, 6.07) is 1.79. The summed E-state index contributed by atoms with van der Waals surface area (Å²) in [7, 11) is 0. The second kappa shape index (κ2) is 5.68. The number of halogens is 2. The maximum absolute atomic E-state index is 5.95. The molecule has 0 unspecified atom stereocenters. The predicted octanol–water partition coefficient (Wildman–Crippen LogP) is 4.78. The van der Waals surface area contributed by atoms with E-state index in [0.29, 0.717) is 15.8 Å². The quantitative estimate of drug-likeness (QED) is 0.829. The van der Waals surface area contributed by atoms with Crippen LogP contribution in [0.1, 0.15) is 44.3 Å². The summed E-state index contributed by atoms with van der Waals surface area (Å²) in [6.45, 7) is 0. The van der Waals surface area contributed by atoms with Crippen LogP contribution in [0, 0.1) is 5.92 Å². The van der Waals surface area contributed by atoms with E-state index in [4.69, 9.17) is 23.2 Å². The number of fused-ring (bicyclic) bond motifs is 1. The van der Waals surface area contributed by atoms with Crippen molar-refractivity contribution in [3.05, 3.63) is 22.1 Å². The number of nitrogens with zero attached hydrogens (tertiary/aromatic N) is 2. The number of rotatable bonds is 3. The van der Waals surface area contributed by atoms with Gasteiger partial charge in [-0.15, -0.1) is 0 Å². The molecule has 2 aromatic rings. The van der Waals surface area contributed by atoms with Gasteiger partial charge in [-0.05, 0) is 18.4 Å². The second-order valence-corrected chi connectivity index (χ2v) is 6.12. The first kappa shape index (κ1) is 13.2. The first-order chi connectivity index (χ1) is 9.22. The van der Waals surface area contributed by atoms with Crippen molar-refractivity contribution in [1.29, 1.82) is 0 Å². The summed E-state index contributed by atoms with van der Waals surface area (Å²) in [5.74, 6) is 1.86. The highest BCUT2D eigenvalue weighted by molar-refractivity contribution is 6.41. The Morgan fingerprint density at radius 2 is 1.95 bits per heavy atom. The van der Waals surface area contributed by atoms with Crippen LogP contribution in [0.4, 0.5) is 0 Å². The van der Waals surface area contributed by atoms with Crippen molar-refractivity contribution >= 4 is 34.4 Å². The van der Waals surface area contributed by atoms with Crippen molar-refractivity contribution < 1.29 is 0 Å². The first-order valence-corrected chi connectivity index (χ1v) is 7.68. The maximum Gasteiger partial charge on any atom is 0.179 e. The van der Waals surface area contributed by atoms with E-state index in [9.17, 15) is 0 Å². The Morgan fingerprint density at radius 1 is 1.16 bits per heavy atom. The Labute approximate surface area is 122 Å². The number of aryl methyl sites for hydroxylation is 1. The number of pyridine rings is 1. The van der Waals surface area contributed by atoms with Gasteiger partial charge in [0.25, 0.3) is 0 Å². The van der Waals surface area contributed by atoms with Crippen molar-refractivity contribution in [3.63, 3.8) is 0 Å². The fourth-order valence-electron chi connectivity index (χ4n) is 2.88. The van der Waals surface area contributed by atoms with E-state index in [2.05, 4.69) is 15.0 Å². The molecule has 1 aliphatic rings. The van der Waals surface area contributed by atoms with E-state index >= 15 is 0 Å². The zero-order chi connectivity index (χ0) is 13.2. The highest BCUT2D eigenvalue weighted by Gasteiger charge is 2.14. The number of aromatic amines is 1. The second-order valence-electron chi connectivity index (χ2n) is 5.36. The molecule has 0 amide bonds. The summed E-state index contributed by atoms with van der Waals surface area (Å²) in [5, 5.41) is 0.788. The molecule has 1 fully saturated rings. The van der Waals surface area contributed by atoms with E-state index in [1.807, 2.05) is 0 Å². The van der Waals surface area contributed by atoms with Crippen LogP contribution < -0.4 is 0 Å². The lowest BCUT2D eigenvalue weighted by Crippen LogP contribution is -2.07. The molecule has 0 aliphatic heterocycles. The molecule has 1 aliphatic carbocycles. The molecule has 0 spiro atoms. The monoisotopic (exact) mass is 297 g/mol. The van der Waals surface area contributed by atoms with Crippen molar-refractivity contribution in [2.24, 2.45) is 5.92 Å². The minimum Gasteiger partial charge on any atom is -0.341 e. The van der Waals surface area contributed by atoms with Gasteiger partial charge in [0, 0.05) is 6.42 Å². The highest BCUT2D eigenvalue weighted by Crippen LogP contribution is 2.28. The summed E-state index contributed by atoms with van der Waals surface area (Å²) in [5.41, 5.74) is 1.53. The molecule has 0 saturated heterocycles. The largest absolute Gasteiger partial charge is 0.341 e. The smallest absolute Gasteiger partial charge is 0.179 e. The number of aromatic nitrogens is 3. The van der Waals surface area contributed by atoms with E-state index in [0.717, 1.165) is 23.7 Å². The topological polar surface area (TPSA) is 41.6 Å². The fraction of sp³-hybridized carbons (Fsp3) is 0.571. The molecular formula is C14H17Cl2N3. The molecule has 2 heterocycles. The Kier molecular flexibility index (Phi) is 3.94. The third-order valence-electron chi connectivity index (χ3n) is 3.95. The van der Waals surface area contributed by atoms with Gasteiger partial charge in [-0.3, -0.25) is 0 Å². The zero-order valence-corrected chi connectivity index (χ0v) is 12.3. The van der Waals surface area contributed by atoms with Crippen LogP contribution in [0.2, 0.25) is 10.2 Å². The lowest BCUT2D eigenvalue weighted by molar-refractivity contribution is 0.337. The van der Waals surface area contributed by atoms with Gasteiger partial charge in [0.1, 0.15) is 11.0 Å². The van der Waals surface area contributed by atoms with Crippen molar-refractivity contribution in [2.45, 2.75) is 44.9 Å². The lowest BCUT2D eigenvalue weighted by Gasteiger charge is -2.20. The zero-order valence-electron chi connectivity index (χ0n) is 10.8. The van der Waals surface area contributed by atoms with E-state index in [1.54, 1.807) is 6.07 Å². The van der Waals surface area contributed by atoms with Gasteiger partial charge in [0.05, 0.1) is 10.5 Å². The molecule has 102 valence electrons. The summed E-state index contributed by atoms with van der Waals surface area (Å²) in [6.07, 6.45) is 9.11. The van der Waals surface area contributed by atoms with Gasteiger partial charge < -0.3 is 4.98 Å². The Bertz CT molecular complexity index is 534. The van der Waals surface area contributed by atoms with Crippen LogP contribution in [0.15, 0.2) is 6.07 Å². The SMILES string of the molecule is Clc1cc2[nH]c(CCC3CCCCC3)nc2nc1Cl. The molecule has 1 N–H and O–H groups in total. The molecule has 0 radical (unpaired) electrons. The molecule has 0 atom stereocenters. The number of imidazole rings is 1. The van der Waals surface area contributed by atoms with Gasteiger partial charge in [-0.25, -0.2) is 9.97 Å². The molecule has 19 heavy (non-hydrogen) atoms. The molecule has 0 aromatic carbocycles. The van der Waals surface area contributed by atoms with Crippen LogP contribution in [-0.4, -0.2) is 15.0 Å². The normalized spacial score (nSPS) is 17.2. The summed E-state index contributed by atoms with van der Waals surface area (Å²) >= 11 is 11.9. The van der Waals surface area contributed by atoms with Gasteiger partial charge in [0.15, 0.2) is 5.65 Å². The van der Waals surface area contributed by atoms with Crippen molar-refractivity contribution in [3.8, 4) is 0 Å². The Balaban J connectivity index is 1.70. The van der Waals surface area contributed by atoms with E-state index in [1.165, 1.54) is 38.5 Å². The van der Waals surface area contributed by atoms with Crippen LogP contribution in [0.25, 0.3) is 11.2 Å². The van der Waals surface area contributed by atoms with Crippen LogP contribution in [0.3, 0.4) is 0 Å². The minimum absolute atomic E-state index is 0.319. The molecule has 2 aromatic heterocycles. The third-order valence-corrected chi connectivity index (χ3v) is 4.62. The highest BCUT2D eigenvalue weighted by atomic mass is 35.5. The average Bonchev–Trinajstić information content (AvgIpc) is 2.80. The van der Waals surface area contributed by atoms with Crippen LogP contribution in [-0.2, 0) is 6.42 Å². The van der Waals surface area contributed by atoms with Crippen LogP contribution in [0.5, 0.6) is 0 Å². The number of H-pyrrole nitrogens is 1. The van der Waals surface area contributed by atoms with Gasteiger partial charge >= 0.3 is 0 Å². The lowest BCUT2D eigenvalue weighted by atomic mass is 9.86. The van der Waals surface area contributed by atoms with Crippen LogP contribution >= 0.6 is 23.2 Å².